The number of hydrogen-bond acceptors (Lipinski definition) is 6. The molecule has 17 heavy (non-hydrogen) atoms. The number of rotatable bonds is 7. The van der Waals surface area contributed by atoms with Gasteiger partial charge in [0.05, 0.1) is 4.90 Å². The van der Waals surface area contributed by atoms with Gasteiger partial charge in [0.1, 0.15) is 5.00 Å². The summed E-state index contributed by atoms with van der Waals surface area (Å²) in [7, 11) is 1.76. The fourth-order valence-electron chi connectivity index (χ4n) is 1.88. The van der Waals surface area contributed by atoms with E-state index in [1.807, 2.05) is 6.26 Å². The largest absolute Gasteiger partial charge is 0.385 e. The number of nitrogens with one attached hydrogen (secondary N) is 1. The molecule has 1 aromatic rings. The summed E-state index contributed by atoms with van der Waals surface area (Å²) < 4.78 is 9.34. The lowest BCUT2D eigenvalue weighted by Crippen LogP contribution is -2.17. The molecular formula is C11H19N3OS2. The molecule has 1 aliphatic carbocycles. The molecule has 3 N–H and O–H groups in total. The Balaban J connectivity index is 1.89. The first-order chi connectivity index (χ1) is 8.21. The van der Waals surface area contributed by atoms with Crippen molar-refractivity contribution in [3.8, 4) is 0 Å². The van der Waals surface area contributed by atoms with Crippen molar-refractivity contribution in [1.29, 1.82) is 0 Å². The second-order valence-electron chi connectivity index (χ2n) is 4.53. The van der Waals surface area contributed by atoms with Gasteiger partial charge in [-0.15, -0.1) is 11.8 Å². The van der Waals surface area contributed by atoms with Gasteiger partial charge in [-0.3, -0.25) is 0 Å². The Kier molecular flexibility index (Phi) is 4.17. The minimum atomic E-state index is 0.449. The van der Waals surface area contributed by atoms with Gasteiger partial charge in [-0.1, -0.05) is 0 Å². The zero-order valence-corrected chi connectivity index (χ0v) is 11.9. The molecule has 0 aromatic carbocycles. The summed E-state index contributed by atoms with van der Waals surface area (Å²) in [6.07, 6.45) is 5.76. The normalized spacial score (nSPS) is 17.1. The van der Waals surface area contributed by atoms with E-state index in [-0.39, 0.29) is 0 Å². The molecule has 0 spiro atoms. The average molecular weight is 273 g/mol. The van der Waals surface area contributed by atoms with E-state index in [0.717, 1.165) is 29.5 Å². The molecule has 0 radical (unpaired) electrons. The van der Waals surface area contributed by atoms with Crippen molar-refractivity contribution >= 4 is 34.1 Å². The summed E-state index contributed by atoms with van der Waals surface area (Å²) in [5.41, 5.74) is 6.25. The maximum Gasteiger partial charge on any atom is 0.153 e. The molecule has 1 aromatic heterocycles. The summed E-state index contributed by atoms with van der Waals surface area (Å²) in [6, 6.07) is 0. The van der Waals surface area contributed by atoms with Crippen LogP contribution in [0.4, 0.5) is 10.8 Å². The monoisotopic (exact) mass is 273 g/mol. The minimum absolute atomic E-state index is 0.449. The summed E-state index contributed by atoms with van der Waals surface area (Å²) in [6.45, 7) is 1.85. The lowest BCUT2D eigenvalue weighted by Gasteiger charge is -2.15. The Bertz CT molecular complexity index is 377. The van der Waals surface area contributed by atoms with E-state index >= 15 is 0 Å². The van der Waals surface area contributed by atoms with Crippen LogP contribution in [0.5, 0.6) is 0 Å². The number of nitrogens with zero attached hydrogens (tertiary/aromatic N) is 1. The molecule has 96 valence electrons. The van der Waals surface area contributed by atoms with Crippen molar-refractivity contribution in [3.63, 3.8) is 0 Å². The van der Waals surface area contributed by atoms with Crippen molar-refractivity contribution in [2.75, 3.05) is 37.6 Å². The topological polar surface area (TPSA) is 60.2 Å². The molecule has 0 atom stereocenters. The van der Waals surface area contributed by atoms with Gasteiger partial charge >= 0.3 is 0 Å². The first kappa shape index (κ1) is 13.0. The van der Waals surface area contributed by atoms with Gasteiger partial charge in [-0.05, 0) is 42.5 Å². The SMILES string of the molecule is COCCC1(CNc2snc(N)c2SC)CC1. The van der Waals surface area contributed by atoms with Crippen molar-refractivity contribution in [2.45, 2.75) is 24.2 Å². The highest BCUT2D eigenvalue weighted by atomic mass is 32.2. The number of aromatic nitrogens is 1. The first-order valence-corrected chi connectivity index (χ1v) is 7.72. The van der Waals surface area contributed by atoms with Gasteiger partial charge in [0.15, 0.2) is 5.82 Å². The van der Waals surface area contributed by atoms with E-state index in [4.69, 9.17) is 10.5 Å². The van der Waals surface area contributed by atoms with Crippen LogP contribution in [0.1, 0.15) is 19.3 Å². The number of thioether (sulfide) groups is 1. The first-order valence-electron chi connectivity index (χ1n) is 5.73. The number of nitrogen functional groups attached to an aromatic ring is 1. The molecule has 2 rings (SSSR count). The second kappa shape index (κ2) is 5.46. The average Bonchev–Trinajstić information content (AvgIpc) is 3.02. The molecule has 1 heterocycles. The third-order valence-electron chi connectivity index (χ3n) is 3.30. The molecule has 6 heteroatoms. The molecule has 0 aliphatic heterocycles. The van der Waals surface area contributed by atoms with E-state index in [2.05, 4.69) is 9.69 Å². The minimum Gasteiger partial charge on any atom is -0.385 e. The van der Waals surface area contributed by atoms with Gasteiger partial charge in [0.2, 0.25) is 0 Å². The van der Waals surface area contributed by atoms with Crippen LogP contribution >= 0.6 is 23.3 Å². The second-order valence-corrected chi connectivity index (χ2v) is 6.12. The highest BCUT2D eigenvalue weighted by molar-refractivity contribution is 7.99. The fraction of sp³-hybridized carbons (Fsp3) is 0.727. The molecule has 4 nitrogen and oxygen atoms in total. The zero-order valence-electron chi connectivity index (χ0n) is 10.3. The maximum atomic E-state index is 5.81. The quantitative estimate of drug-likeness (QED) is 0.748. The van der Waals surface area contributed by atoms with Crippen molar-refractivity contribution in [3.05, 3.63) is 0 Å². The zero-order chi connectivity index (χ0) is 12.3. The predicted molar refractivity (Wildman–Crippen MR) is 75.0 cm³/mol. The van der Waals surface area contributed by atoms with Crippen LogP contribution in [0.15, 0.2) is 4.90 Å². The highest BCUT2D eigenvalue weighted by Crippen LogP contribution is 2.49. The summed E-state index contributed by atoms with van der Waals surface area (Å²) in [5, 5.41) is 4.61. The molecular weight excluding hydrogens is 254 g/mol. The molecule has 0 saturated heterocycles. The van der Waals surface area contributed by atoms with Crippen LogP contribution in [-0.4, -0.2) is 30.9 Å². The molecule has 0 bridgehead atoms. The highest BCUT2D eigenvalue weighted by Gasteiger charge is 2.41. The van der Waals surface area contributed by atoms with Crippen LogP contribution in [0.25, 0.3) is 0 Å². The number of hydrogen-bond donors (Lipinski definition) is 2. The van der Waals surface area contributed by atoms with Crippen LogP contribution in [0.3, 0.4) is 0 Å². The molecule has 1 aliphatic rings. The Morgan fingerprint density at radius 1 is 1.59 bits per heavy atom. The third-order valence-corrected chi connectivity index (χ3v) is 5.07. The van der Waals surface area contributed by atoms with Crippen LogP contribution in [0.2, 0.25) is 0 Å². The van der Waals surface area contributed by atoms with Gasteiger partial charge in [-0.25, -0.2) is 0 Å². The van der Waals surface area contributed by atoms with Crippen molar-refractivity contribution in [2.24, 2.45) is 5.41 Å². The Morgan fingerprint density at radius 2 is 2.35 bits per heavy atom. The lowest BCUT2D eigenvalue weighted by atomic mass is 10.0. The number of methoxy groups -OCH3 is 1. The number of anilines is 2. The molecule has 1 saturated carbocycles. The third kappa shape index (κ3) is 3.05. The Labute approximate surface area is 110 Å². The number of ether oxygens (including phenoxy) is 1. The van der Waals surface area contributed by atoms with Crippen LogP contribution in [-0.2, 0) is 4.74 Å². The lowest BCUT2D eigenvalue weighted by molar-refractivity contribution is 0.175. The molecule has 0 amide bonds. The van der Waals surface area contributed by atoms with E-state index in [0.29, 0.717) is 11.2 Å². The Hall–Kier alpha value is -0.460. The standard InChI is InChI=1S/C11H19N3OS2/c1-15-6-5-11(3-4-11)7-13-10-8(16-2)9(12)14-17-10/h13H,3-7H2,1-2H3,(H2,12,14). The van der Waals surface area contributed by atoms with Gasteiger partial charge in [0.25, 0.3) is 0 Å². The molecule has 1 fully saturated rings. The van der Waals surface area contributed by atoms with E-state index in [1.165, 1.54) is 24.4 Å². The summed E-state index contributed by atoms with van der Waals surface area (Å²) >= 11 is 3.11. The summed E-state index contributed by atoms with van der Waals surface area (Å²) in [4.78, 5) is 1.08. The smallest absolute Gasteiger partial charge is 0.153 e. The predicted octanol–water partition coefficient (Wildman–Crippen LogP) is 2.68. The number of nitrogens with two attached hydrogens (primary N) is 1. The van der Waals surface area contributed by atoms with E-state index < -0.39 is 0 Å². The van der Waals surface area contributed by atoms with E-state index in [1.54, 1.807) is 18.9 Å². The van der Waals surface area contributed by atoms with Gasteiger partial charge < -0.3 is 15.8 Å². The maximum absolute atomic E-state index is 5.81. The molecule has 0 unspecified atom stereocenters. The Morgan fingerprint density at radius 3 is 2.94 bits per heavy atom. The van der Waals surface area contributed by atoms with Gasteiger partial charge in [0, 0.05) is 20.3 Å². The fourth-order valence-corrected chi connectivity index (χ4v) is 3.42. The van der Waals surface area contributed by atoms with Crippen LogP contribution in [0, 0.1) is 5.41 Å². The van der Waals surface area contributed by atoms with Crippen molar-refractivity contribution < 1.29 is 4.74 Å². The summed E-state index contributed by atoms with van der Waals surface area (Å²) in [5.74, 6) is 0.645. The van der Waals surface area contributed by atoms with Crippen molar-refractivity contribution in [1.82, 2.24) is 4.37 Å². The van der Waals surface area contributed by atoms with E-state index in [9.17, 15) is 0 Å². The van der Waals surface area contributed by atoms with Crippen LogP contribution < -0.4 is 11.1 Å². The van der Waals surface area contributed by atoms with Gasteiger partial charge in [-0.2, -0.15) is 4.37 Å².